The Labute approximate surface area is 110 Å². The Hall–Kier alpha value is -1.62. The zero-order valence-electron chi connectivity index (χ0n) is 10.1. The molecule has 2 heterocycles. The largest absolute Gasteiger partial charge is 0.367 e. The molecule has 2 aromatic heterocycles. The van der Waals surface area contributed by atoms with Crippen LogP contribution >= 0.6 is 11.6 Å². The van der Waals surface area contributed by atoms with Crippen molar-refractivity contribution in [1.82, 2.24) is 19.7 Å². The molecule has 0 radical (unpaired) electrons. The molecule has 18 heavy (non-hydrogen) atoms. The number of nitrogens with zero attached hydrogens (tertiary/aromatic N) is 4. The minimum atomic E-state index is 0.261. The van der Waals surface area contributed by atoms with E-state index in [1.165, 1.54) is 19.3 Å². The highest BCUT2D eigenvalue weighted by Gasteiger charge is 2.20. The van der Waals surface area contributed by atoms with Crippen LogP contribution in [0.25, 0.3) is 11.3 Å². The van der Waals surface area contributed by atoms with Gasteiger partial charge in [0.25, 0.3) is 0 Å². The van der Waals surface area contributed by atoms with Gasteiger partial charge in [0.05, 0.1) is 11.3 Å². The van der Waals surface area contributed by atoms with Gasteiger partial charge in [0, 0.05) is 25.5 Å². The highest BCUT2D eigenvalue weighted by Crippen LogP contribution is 2.29. The number of rotatable bonds is 3. The van der Waals surface area contributed by atoms with E-state index in [4.69, 9.17) is 11.6 Å². The van der Waals surface area contributed by atoms with Crippen LogP contribution in [0.4, 0.5) is 5.82 Å². The second-order valence-electron chi connectivity index (χ2n) is 4.55. The number of anilines is 1. The maximum absolute atomic E-state index is 5.87. The first-order chi connectivity index (χ1) is 8.72. The van der Waals surface area contributed by atoms with E-state index >= 15 is 0 Å². The topological polar surface area (TPSA) is 55.6 Å². The first-order valence-corrected chi connectivity index (χ1v) is 6.39. The zero-order chi connectivity index (χ0) is 12.5. The quantitative estimate of drug-likeness (QED) is 0.865. The van der Waals surface area contributed by atoms with Gasteiger partial charge in [0.1, 0.15) is 5.82 Å². The third-order valence-electron chi connectivity index (χ3n) is 3.19. The fraction of sp³-hybridized carbons (Fsp3) is 0.417. The molecule has 1 saturated carbocycles. The van der Waals surface area contributed by atoms with Gasteiger partial charge in [0.15, 0.2) is 0 Å². The van der Waals surface area contributed by atoms with Crippen molar-refractivity contribution in [2.24, 2.45) is 7.05 Å². The van der Waals surface area contributed by atoms with Crippen LogP contribution in [0.1, 0.15) is 19.3 Å². The molecule has 0 amide bonds. The summed E-state index contributed by atoms with van der Waals surface area (Å²) >= 11 is 5.87. The number of hydrogen-bond acceptors (Lipinski definition) is 4. The maximum Gasteiger partial charge on any atom is 0.224 e. The van der Waals surface area contributed by atoms with E-state index in [-0.39, 0.29) is 5.28 Å². The summed E-state index contributed by atoms with van der Waals surface area (Å²) in [6.45, 7) is 0. The zero-order valence-corrected chi connectivity index (χ0v) is 10.9. The molecule has 1 N–H and O–H groups in total. The molecule has 5 nitrogen and oxygen atoms in total. The molecule has 0 bridgehead atoms. The summed E-state index contributed by atoms with van der Waals surface area (Å²) < 4.78 is 1.76. The molecule has 0 unspecified atom stereocenters. The minimum Gasteiger partial charge on any atom is -0.367 e. The van der Waals surface area contributed by atoms with Crippen molar-refractivity contribution in [3.8, 4) is 11.3 Å². The van der Waals surface area contributed by atoms with Crippen molar-refractivity contribution in [1.29, 1.82) is 0 Å². The fourth-order valence-corrected chi connectivity index (χ4v) is 2.10. The third kappa shape index (κ3) is 2.18. The van der Waals surface area contributed by atoms with Gasteiger partial charge in [-0.2, -0.15) is 5.10 Å². The SMILES string of the molecule is Cn1ccc(-c2cnc(Cl)nc2NC2CCC2)n1. The molecule has 0 atom stereocenters. The summed E-state index contributed by atoms with van der Waals surface area (Å²) in [5.41, 5.74) is 1.75. The molecule has 0 aromatic carbocycles. The van der Waals surface area contributed by atoms with Crippen molar-refractivity contribution in [2.45, 2.75) is 25.3 Å². The van der Waals surface area contributed by atoms with Crippen LogP contribution in [0.5, 0.6) is 0 Å². The van der Waals surface area contributed by atoms with E-state index in [1.807, 2.05) is 19.3 Å². The number of halogens is 1. The molecule has 1 aliphatic rings. The Morgan fingerprint density at radius 3 is 2.89 bits per heavy atom. The van der Waals surface area contributed by atoms with Crippen LogP contribution < -0.4 is 5.32 Å². The maximum atomic E-state index is 5.87. The predicted octanol–water partition coefficient (Wildman–Crippen LogP) is 2.49. The van der Waals surface area contributed by atoms with Gasteiger partial charge in [-0.3, -0.25) is 4.68 Å². The summed E-state index contributed by atoms with van der Waals surface area (Å²) in [5, 5.41) is 8.05. The lowest BCUT2D eigenvalue weighted by molar-refractivity contribution is 0.444. The van der Waals surface area contributed by atoms with E-state index in [0.717, 1.165) is 17.1 Å². The molecular weight excluding hydrogens is 250 g/mol. The molecule has 94 valence electrons. The van der Waals surface area contributed by atoms with Gasteiger partial charge in [-0.15, -0.1) is 0 Å². The van der Waals surface area contributed by atoms with Crippen molar-refractivity contribution in [3.63, 3.8) is 0 Å². The van der Waals surface area contributed by atoms with E-state index in [1.54, 1.807) is 10.9 Å². The minimum absolute atomic E-state index is 0.261. The van der Waals surface area contributed by atoms with Crippen LogP contribution in [0, 0.1) is 0 Å². The first kappa shape index (κ1) is 11.5. The van der Waals surface area contributed by atoms with E-state index in [2.05, 4.69) is 20.4 Å². The summed E-state index contributed by atoms with van der Waals surface area (Å²) in [5.74, 6) is 0.776. The average Bonchev–Trinajstić information content (AvgIpc) is 2.70. The van der Waals surface area contributed by atoms with Crippen LogP contribution in [-0.2, 0) is 7.05 Å². The van der Waals surface area contributed by atoms with Crippen molar-refractivity contribution >= 4 is 17.4 Å². The van der Waals surface area contributed by atoms with Crippen molar-refractivity contribution in [3.05, 3.63) is 23.7 Å². The summed E-state index contributed by atoms with van der Waals surface area (Å²) in [6.07, 6.45) is 7.26. The number of aryl methyl sites for hydroxylation is 1. The summed E-state index contributed by atoms with van der Waals surface area (Å²) in [7, 11) is 1.89. The van der Waals surface area contributed by atoms with Crippen LogP contribution in [-0.4, -0.2) is 25.8 Å². The lowest BCUT2D eigenvalue weighted by Gasteiger charge is -2.27. The molecule has 1 aliphatic carbocycles. The van der Waals surface area contributed by atoms with E-state index in [9.17, 15) is 0 Å². The number of aromatic nitrogens is 4. The van der Waals surface area contributed by atoms with Crippen LogP contribution in [0.15, 0.2) is 18.5 Å². The Morgan fingerprint density at radius 1 is 1.44 bits per heavy atom. The second-order valence-corrected chi connectivity index (χ2v) is 4.89. The second kappa shape index (κ2) is 4.57. The standard InChI is InChI=1S/C12H14ClN5/c1-18-6-5-10(17-18)9-7-14-12(13)16-11(9)15-8-3-2-4-8/h5-8H,2-4H2,1H3,(H,14,15,16). The van der Waals surface area contributed by atoms with E-state index < -0.39 is 0 Å². The molecule has 6 heteroatoms. The monoisotopic (exact) mass is 263 g/mol. The Morgan fingerprint density at radius 2 is 2.28 bits per heavy atom. The molecule has 0 saturated heterocycles. The third-order valence-corrected chi connectivity index (χ3v) is 3.38. The Kier molecular flexibility index (Phi) is 2.91. The van der Waals surface area contributed by atoms with Crippen LogP contribution in [0.2, 0.25) is 5.28 Å². The average molecular weight is 264 g/mol. The lowest BCUT2D eigenvalue weighted by atomic mass is 9.93. The first-order valence-electron chi connectivity index (χ1n) is 6.01. The van der Waals surface area contributed by atoms with Crippen molar-refractivity contribution < 1.29 is 0 Å². The highest BCUT2D eigenvalue weighted by molar-refractivity contribution is 6.28. The molecule has 2 aromatic rings. The molecule has 0 spiro atoms. The smallest absolute Gasteiger partial charge is 0.224 e. The normalized spacial score (nSPS) is 15.4. The lowest BCUT2D eigenvalue weighted by Crippen LogP contribution is -2.27. The molecule has 3 rings (SSSR count). The Balaban J connectivity index is 1.96. The highest BCUT2D eigenvalue weighted by atomic mass is 35.5. The van der Waals surface area contributed by atoms with Gasteiger partial charge in [0.2, 0.25) is 5.28 Å². The summed E-state index contributed by atoms with van der Waals surface area (Å²) in [6, 6.07) is 2.44. The molecule has 0 aliphatic heterocycles. The predicted molar refractivity (Wildman–Crippen MR) is 70.5 cm³/mol. The number of hydrogen-bond donors (Lipinski definition) is 1. The van der Waals surface area contributed by atoms with Crippen LogP contribution in [0.3, 0.4) is 0 Å². The van der Waals surface area contributed by atoms with Gasteiger partial charge in [-0.1, -0.05) is 0 Å². The molecule has 1 fully saturated rings. The van der Waals surface area contributed by atoms with E-state index in [0.29, 0.717) is 6.04 Å². The Bertz CT molecular complexity index is 561. The van der Waals surface area contributed by atoms with Gasteiger partial charge in [-0.25, -0.2) is 9.97 Å². The van der Waals surface area contributed by atoms with Gasteiger partial charge in [-0.05, 0) is 36.9 Å². The summed E-state index contributed by atoms with van der Waals surface area (Å²) in [4.78, 5) is 8.32. The van der Waals surface area contributed by atoms with Gasteiger partial charge >= 0.3 is 0 Å². The fourth-order valence-electron chi connectivity index (χ4n) is 1.96. The van der Waals surface area contributed by atoms with Crippen molar-refractivity contribution in [2.75, 3.05) is 5.32 Å². The molecular formula is C12H14ClN5. The van der Waals surface area contributed by atoms with Gasteiger partial charge < -0.3 is 5.32 Å². The number of nitrogens with one attached hydrogen (secondary N) is 1.